The maximum Gasteiger partial charge on any atom is 0.0921 e. The summed E-state index contributed by atoms with van der Waals surface area (Å²) in [5.74, 6) is 5.60. The van der Waals surface area contributed by atoms with Crippen molar-refractivity contribution in [2.24, 2.45) is 52.3 Å². The van der Waals surface area contributed by atoms with Crippen LogP contribution in [0.2, 0.25) is 0 Å². The fourth-order valence-electron chi connectivity index (χ4n) is 8.87. The van der Waals surface area contributed by atoms with E-state index in [9.17, 15) is 5.11 Å². The van der Waals surface area contributed by atoms with Crippen molar-refractivity contribution in [3.63, 3.8) is 0 Å². The zero-order chi connectivity index (χ0) is 21.7. The number of allylic oxidation sites excluding steroid dienone is 2. The van der Waals surface area contributed by atoms with E-state index in [1.807, 2.05) is 0 Å². The molecule has 0 aliphatic heterocycles. The van der Waals surface area contributed by atoms with Crippen LogP contribution < -0.4 is 0 Å². The van der Waals surface area contributed by atoms with Crippen LogP contribution >= 0.6 is 0 Å². The Hall–Kier alpha value is -0.560. The lowest BCUT2D eigenvalue weighted by Crippen LogP contribution is -2.58. The Kier molecular flexibility index (Phi) is 6.10. The number of aliphatic hydroxyl groups is 1. The van der Waals surface area contributed by atoms with Gasteiger partial charge in [-0.25, -0.2) is 0 Å². The summed E-state index contributed by atoms with van der Waals surface area (Å²) in [5, 5.41) is 11.5. The van der Waals surface area contributed by atoms with E-state index in [-0.39, 0.29) is 5.41 Å². The van der Waals surface area contributed by atoms with Crippen molar-refractivity contribution in [3.8, 4) is 0 Å². The van der Waals surface area contributed by atoms with Crippen LogP contribution in [0, 0.1) is 52.3 Å². The molecule has 0 heterocycles. The van der Waals surface area contributed by atoms with E-state index >= 15 is 0 Å². The maximum atomic E-state index is 11.5. The normalized spacial score (nSPS) is 46.9. The van der Waals surface area contributed by atoms with Crippen LogP contribution in [0.15, 0.2) is 24.3 Å². The van der Waals surface area contributed by atoms with E-state index in [4.69, 9.17) is 0 Å². The molecule has 0 aromatic rings. The predicted molar refractivity (Wildman–Crippen MR) is 128 cm³/mol. The Morgan fingerprint density at radius 2 is 1.70 bits per heavy atom. The summed E-state index contributed by atoms with van der Waals surface area (Å²) >= 11 is 0. The van der Waals surface area contributed by atoms with Gasteiger partial charge in [-0.15, -0.1) is 0 Å². The number of hydrogen-bond donors (Lipinski definition) is 1. The van der Waals surface area contributed by atoms with Gasteiger partial charge in [0.05, 0.1) is 5.60 Å². The molecule has 1 heteroatoms. The first-order valence-corrected chi connectivity index (χ1v) is 13.2. The van der Waals surface area contributed by atoms with Crippen molar-refractivity contribution in [2.45, 2.75) is 105 Å². The van der Waals surface area contributed by atoms with Gasteiger partial charge < -0.3 is 5.11 Å². The third-order valence-electron chi connectivity index (χ3n) is 11.1. The van der Waals surface area contributed by atoms with Crippen LogP contribution in [0.4, 0.5) is 0 Å². The minimum Gasteiger partial charge on any atom is -0.385 e. The predicted octanol–water partition coefficient (Wildman–Crippen LogP) is 7.80. The zero-order valence-electron chi connectivity index (χ0n) is 20.7. The molecule has 2 fully saturated rings. The number of hydrogen-bond acceptors (Lipinski definition) is 1. The van der Waals surface area contributed by atoms with Gasteiger partial charge in [-0.2, -0.15) is 0 Å². The molecular formula is C29H48O. The molecule has 0 spiro atoms. The fraction of sp³-hybridized carbons (Fsp3) is 0.862. The second-order valence-electron chi connectivity index (χ2n) is 12.6. The summed E-state index contributed by atoms with van der Waals surface area (Å²) in [7, 11) is 0. The molecule has 4 rings (SSSR count). The second kappa shape index (κ2) is 8.09. The van der Waals surface area contributed by atoms with Crippen LogP contribution in [-0.2, 0) is 0 Å². The van der Waals surface area contributed by atoms with Crippen LogP contribution in [0.1, 0.15) is 99.3 Å². The van der Waals surface area contributed by atoms with Gasteiger partial charge in [0.2, 0.25) is 0 Å². The SMILES string of the molecule is CC[C@H](CC[C@@H](C)[C@H]1CC[C@H]2[C@@H]3C=CC4(O)CC=CC[C@]4(C)[C@H]3CC[C@]12C)C(C)C. The monoisotopic (exact) mass is 412 g/mol. The average Bonchev–Trinajstić information content (AvgIpc) is 3.05. The third kappa shape index (κ3) is 3.37. The quantitative estimate of drug-likeness (QED) is 0.441. The summed E-state index contributed by atoms with van der Waals surface area (Å²) in [6, 6.07) is 0. The first-order chi connectivity index (χ1) is 14.2. The molecule has 1 nitrogen and oxygen atoms in total. The van der Waals surface area contributed by atoms with Crippen molar-refractivity contribution < 1.29 is 5.11 Å². The lowest BCUT2D eigenvalue weighted by atomic mass is 9.46. The van der Waals surface area contributed by atoms with Crippen LogP contribution in [0.3, 0.4) is 0 Å². The molecule has 0 saturated heterocycles. The van der Waals surface area contributed by atoms with E-state index in [2.05, 4.69) is 65.8 Å². The van der Waals surface area contributed by atoms with Crippen LogP contribution in [0.25, 0.3) is 0 Å². The van der Waals surface area contributed by atoms with E-state index in [0.717, 1.165) is 42.4 Å². The summed E-state index contributed by atoms with van der Waals surface area (Å²) < 4.78 is 0. The average molecular weight is 413 g/mol. The highest BCUT2D eigenvalue weighted by molar-refractivity contribution is 5.27. The molecule has 4 aliphatic rings. The van der Waals surface area contributed by atoms with E-state index in [1.165, 1.54) is 44.9 Å². The molecule has 0 radical (unpaired) electrons. The van der Waals surface area contributed by atoms with Gasteiger partial charge in [0.25, 0.3) is 0 Å². The fourth-order valence-corrected chi connectivity index (χ4v) is 8.87. The summed E-state index contributed by atoms with van der Waals surface area (Å²) in [6.45, 7) is 14.8. The lowest BCUT2D eigenvalue weighted by molar-refractivity contribution is -0.128. The highest BCUT2D eigenvalue weighted by Gasteiger charge is 2.62. The molecule has 0 amide bonds. The van der Waals surface area contributed by atoms with Gasteiger partial charge in [-0.3, -0.25) is 0 Å². The van der Waals surface area contributed by atoms with Crippen molar-refractivity contribution in [3.05, 3.63) is 24.3 Å². The smallest absolute Gasteiger partial charge is 0.0921 e. The van der Waals surface area contributed by atoms with Gasteiger partial charge in [0, 0.05) is 5.41 Å². The van der Waals surface area contributed by atoms with Gasteiger partial charge in [-0.05, 0) is 91.8 Å². The van der Waals surface area contributed by atoms with Crippen molar-refractivity contribution in [2.75, 3.05) is 0 Å². The van der Waals surface area contributed by atoms with Crippen LogP contribution in [0.5, 0.6) is 0 Å². The van der Waals surface area contributed by atoms with Gasteiger partial charge >= 0.3 is 0 Å². The van der Waals surface area contributed by atoms with Crippen LogP contribution in [-0.4, -0.2) is 10.7 Å². The van der Waals surface area contributed by atoms with E-state index in [0.29, 0.717) is 17.3 Å². The van der Waals surface area contributed by atoms with E-state index < -0.39 is 5.60 Å². The summed E-state index contributed by atoms with van der Waals surface area (Å²) in [6.07, 6.45) is 20.8. The molecule has 9 atom stereocenters. The minimum absolute atomic E-state index is 0.0256. The highest BCUT2D eigenvalue weighted by atomic mass is 16.3. The number of rotatable bonds is 6. The summed E-state index contributed by atoms with van der Waals surface area (Å²) in [5.41, 5.74) is -0.0907. The molecule has 1 N–H and O–H groups in total. The number of fused-ring (bicyclic) bond motifs is 5. The molecular weight excluding hydrogens is 364 g/mol. The molecule has 0 bridgehead atoms. The molecule has 0 aromatic heterocycles. The Balaban J connectivity index is 1.51. The third-order valence-corrected chi connectivity index (χ3v) is 11.1. The Bertz CT molecular complexity index is 676. The minimum atomic E-state index is -0.617. The van der Waals surface area contributed by atoms with Gasteiger partial charge in [0.1, 0.15) is 0 Å². The molecule has 1 unspecified atom stereocenters. The first-order valence-electron chi connectivity index (χ1n) is 13.2. The van der Waals surface area contributed by atoms with Gasteiger partial charge in [0.15, 0.2) is 0 Å². The largest absolute Gasteiger partial charge is 0.385 e. The van der Waals surface area contributed by atoms with Crippen molar-refractivity contribution in [1.82, 2.24) is 0 Å². The highest BCUT2D eigenvalue weighted by Crippen LogP contribution is 2.67. The Labute approximate surface area is 186 Å². The first kappa shape index (κ1) is 22.6. The van der Waals surface area contributed by atoms with E-state index in [1.54, 1.807) is 0 Å². The second-order valence-corrected chi connectivity index (χ2v) is 12.6. The van der Waals surface area contributed by atoms with Gasteiger partial charge in [-0.1, -0.05) is 78.7 Å². The topological polar surface area (TPSA) is 20.2 Å². The Morgan fingerprint density at radius 3 is 2.40 bits per heavy atom. The summed E-state index contributed by atoms with van der Waals surface area (Å²) in [4.78, 5) is 0. The van der Waals surface area contributed by atoms with Crippen molar-refractivity contribution in [1.29, 1.82) is 0 Å². The van der Waals surface area contributed by atoms with Crippen molar-refractivity contribution >= 4 is 0 Å². The maximum absolute atomic E-state index is 11.5. The molecule has 170 valence electrons. The molecule has 0 aromatic carbocycles. The molecule has 2 saturated carbocycles. The lowest BCUT2D eigenvalue weighted by Gasteiger charge is -2.60. The Morgan fingerprint density at radius 1 is 0.967 bits per heavy atom. The zero-order valence-corrected chi connectivity index (χ0v) is 20.7. The molecule has 30 heavy (non-hydrogen) atoms. The standard InChI is InChI=1S/C29H48O/c1-7-22(20(2)3)11-10-21(4)24-12-13-25-23-14-19-29(30)17-9-8-16-28(29,6)26(23)15-18-27(24,25)5/h8-9,14,19-26,30H,7,10-13,15-18H2,1-6H3/t21-,22-,23+,24-,25+,26+,27-,28-,29?/m1/s1. The molecule has 4 aliphatic carbocycles.